The van der Waals surface area contributed by atoms with Crippen LogP contribution in [0.1, 0.15) is 13.3 Å². The molecule has 1 aromatic heterocycles. The van der Waals surface area contributed by atoms with E-state index in [1.165, 1.54) is 6.20 Å². The quantitative estimate of drug-likeness (QED) is 0.643. The number of rotatable bonds is 7. The molecule has 3 N–H and O–H groups in total. The van der Waals surface area contributed by atoms with Gasteiger partial charge in [0.25, 0.3) is 5.56 Å². The summed E-state index contributed by atoms with van der Waals surface area (Å²) >= 11 is 3.14. The summed E-state index contributed by atoms with van der Waals surface area (Å²) in [6, 6.07) is -0.0707. The standard InChI is InChI=1S/C10H14BrN3O4/c1-6(5-18-3-2-8(15)16)13-7-4-12-14-10(17)9(7)11/h4,6H,2-3,5H2,1H3,(H,15,16)(H2,13,14,17)/t6-/m0/s1. The van der Waals surface area contributed by atoms with Crippen molar-refractivity contribution in [2.24, 2.45) is 0 Å². The van der Waals surface area contributed by atoms with Crippen LogP contribution in [0.15, 0.2) is 15.5 Å². The zero-order valence-electron chi connectivity index (χ0n) is 9.77. The number of nitrogens with zero attached hydrogens (tertiary/aromatic N) is 1. The van der Waals surface area contributed by atoms with Crippen LogP contribution in [0, 0.1) is 0 Å². The molecule has 0 aliphatic rings. The number of hydrogen-bond acceptors (Lipinski definition) is 5. The van der Waals surface area contributed by atoms with Gasteiger partial charge in [0, 0.05) is 6.04 Å². The zero-order valence-corrected chi connectivity index (χ0v) is 11.4. The number of ether oxygens (including phenoxy) is 1. The molecule has 18 heavy (non-hydrogen) atoms. The van der Waals surface area contributed by atoms with Crippen LogP contribution in [0.3, 0.4) is 0 Å². The highest BCUT2D eigenvalue weighted by atomic mass is 79.9. The Bertz CT molecular complexity index is 463. The zero-order chi connectivity index (χ0) is 13.5. The van der Waals surface area contributed by atoms with Crippen molar-refractivity contribution < 1.29 is 14.6 Å². The highest BCUT2D eigenvalue weighted by molar-refractivity contribution is 9.10. The van der Waals surface area contributed by atoms with Gasteiger partial charge in [-0.05, 0) is 22.9 Å². The number of nitrogens with one attached hydrogen (secondary N) is 2. The van der Waals surface area contributed by atoms with Crippen molar-refractivity contribution in [2.75, 3.05) is 18.5 Å². The van der Waals surface area contributed by atoms with Crippen molar-refractivity contribution in [3.05, 3.63) is 21.0 Å². The predicted molar refractivity (Wildman–Crippen MR) is 68.7 cm³/mol. The molecule has 7 nitrogen and oxygen atoms in total. The van der Waals surface area contributed by atoms with Crippen LogP contribution >= 0.6 is 15.9 Å². The van der Waals surface area contributed by atoms with E-state index in [1.807, 2.05) is 6.92 Å². The van der Waals surface area contributed by atoms with Crippen molar-refractivity contribution >= 4 is 27.6 Å². The predicted octanol–water partition coefficient (Wildman–Crippen LogP) is 0.824. The molecule has 0 radical (unpaired) electrons. The molecule has 0 unspecified atom stereocenters. The minimum atomic E-state index is -0.892. The normalized spacial score (nSPS) is 12.1. The Morgan fingerprint density at radius 1 is 1.72 bits per heavy atom. The smallest absolute Gasteiger partial charge is 0.305 e. The number of carbonyl (C=O) groups is 1. The Labute approximate surface area is 112 Å². The van der Waals surface area contributed by atoms with Crippen molar-refractivity contribution in [1.82, 2.24) is 10.2 Å². The van der Waals surface area contributed by atoms with Gasteiger partial charge in [-0.25, -0.2) is 5.10 Å². The van der Waals surface area contributed by atoms with Gasteiger partial charge in [-0.15, -0.1) is 0 Å². The molecule has 1 heterocycles. The van der Waals surface area contributed by atoms with Gasteiger partial charge in [0.05, 0.1) is 31.5 Å². The Morgan fingerprint density at radius 3 is 3.11 bits per heavy atom. The molecule has 0 spiro atoms. The van der Waals surface area contributed by atoms with Crippen LogP contribution in [0.4, 0.5) is 5.69 Å². The number of carboxylic acids is 1. The Balaban J connectivity index is 2.40. The molecule has 1 aromatic rings. The molecule has 0 aromatic carbocycles. The molecular formula is C10H14BrN3O4. The summed E-state index contributed by atoms with van der Waals surface area (Å²) < 4.78 is 5.55. The average molecular weight is 320 g/mol. The van der Waals surface area contributed by atoms with Crippen LogP contribution < -0.4 is 10.9 Å². The van der Waals surface area contributed by atoms with E-state index in [1.54, 1.807) is 0 Å². The van der Waals surface area contributed by atoms with E-state index < -0.39 is 5.97 Å². The van der Waals surface area contributed by atoms with Gasteiger partial charge in [0.1, 0.15) is 4.47 Å². The first-order valence-corrected chi connectivity index (χ1v) is 6.09. The minimum absolute atomic E-state index is 0.0248. The van der Waals surface area contributed by atoms with Gasteiger partial charge in [0.15, 0.2) is 0 Å². The fraction of sp³-hybridized carbons (Fsp3) is 0.500. The first-order chi connectivity index (χ1) is 8.50. The molecule has 0 saturated heterocycles. The lowest BCUT2D eigenvalue weighted by Gasteiger charge is -2.15. The lowest BCUT2D eigenvalue weighted by molar-refractivity contribution is -0.138. The van der Waals surface area contributed by atoms with E-state index in [2.05, 4.69) is 31.4 Å². The maximum atomic E-state index is 11.3. The van der Waals surface area contributed by atoms with Crippen molar-refractivity contribution in [3.8, 4) is 0 Å². The summed E-state index contributed by atoms with van der Waals surface area (Å²) in [4.78, 5) is 21.5. The fourth-order valence-electron chi connectivity index (χ4n) is 1.21. The summed E-state index contributed by atoms with van der Waals surface area (Å²) in [6.07, 6.45) is 1.46. The number of carboxylic acid groups (broad SMARTS) is 1. The second-order valence-corrected chi connectivity index (χ2v) is 4.48. The number of anilines is 1. The third kappa shape index (κ3) is 4.84. The molecule has 0 saturated carbocycles. The Hall–Kier alpha value is -1.41. The highest BCUT2D eigenvalue weighted by Gasteiger charge is 2.08. The monoisotopic (exact) mass is 319 g/mol. The van der Waals surface area contributed by atoms with E-state index >= 15 is 0 Å². The van der Waals surface area contributed by atoms with Gasteiger partial charge < -0.3 is 15.2 Å². The number of aliphatic carboxylic acids is 1. The second kappa shape index (κ2) is 7.12. The number of halogens is 1. The Kier molecular flexibility index (Phi) is 5.79. The average Bonchev–Trinajstić information content (AvgIpc) is 2.30. The van der Waals surface area contributed by atoms with Crippen molar-refractivity contribution in [1.29, 1.82) is 0 Å². The van der Waals surface area contributed by atoms with Crippen LogP contribution in [-0.2, 0) is 9.53 Å². The molecule has 0 bridgehead atoms. The first kappa shape index (κ1) is 14.7. The molecule has 1 rings (SSSR count). The van der Waals surface area contributed by atoms with E-state index in [-0.39, 0.29) is 24.6 Å². The molecule has 0 amide bonds. The maximum absolute atomic E-state index is 11.3. The molecular weight excluding hydrogens is 306 g/mol. The SMILES string of the molecule is C[C@@H](COCCC(=O)O)Nc1cn[nH]c(=O)c1Br. The maximum Gasteiger partial charge on any atom is 0.305 e. The van der Waals surface area contributed by atoms with Gasteiger partial charge in [-0.1, -0.05) is 0 Å². The fourth-order valence-corrected chi connectivity index (χ4v) is 1.52. The van der Waals surface area contributed by atoms with Gasteiger partial charge >= 0.3 is 5.97 Å². The summed E-state index contributed by atoms with van der Waals surface area (Å²) in [7, 11) is 0. The number of hydrogen-bond donors (Lipinski definition) is 3. The van der Waals surface area contributed by atoms with Crippen LogP contribution in [0.2, 0.25) is 0 Å². The molecule has 100 valence electrons. The first-order valence-electron chi connectivity index (χ1n) is 5.30. The summed E-state index contributed by atoms with van der Waals surface area (Å²) in [6.45, 7) is 2.36. The van der Waals surface area contributed by atoms with E-state index in [0.29, 0.717) is 16.8 Å². The molecule has 0 aliphatic carbocycles. The third-order valence-corrected chi connectivity index (χ3v) is 2.81. The summed E-state index contributed by atoms with van der Waals surface area (Å²) in [5.74, 6) is -0.892. The van der Waals surface area contributed by atoms with Crippen LogP contribution in [-0.4, -0.2) is 40.5 Å². The van der Waals surface area contributed by atoms with Crippen LogP contribution in [0.25, 0.3) is 0 Å². The summed E-state index contributed by atoms with van der Waals surface area (Å²) in [5, 5.41) is 17.4. The topological polar surface area (TPSA) is 104 Å². The molecule has 0 aliphatic heterocycles. The Morgan fingerprint density at radius 2 is 2.44 bits per heavy atom. The molecule has 1 atom stereocenters. The van der Waals surface area contributed by atoms with E-state index in [0.717, 1.165) is 0 Å². The van der Waals surface area contributed by atoms with Crippen molar-refractivity contribution in [3.63, 3.8) is 0 Å². The largest absolute Gasteiger partial charge is 0.481 e. The van der Waals surface area contributed by atoms with Crippen LogP contribution in [0.5, 0.6) is 0 Å². The lowest BCUT2D eigenvalue weighted by Crippen LogP contribution is -2.24. The number of aromatic nitrogens is 2. The highest BCUT2D eigenvalue weighted by Crippen LogP contribution is 2.16. The number of aromatic amines is 1. The molecule has 8 heteroatoms. The van der Waals surface area contributed by atoms with Crippen molar-refractivity contribution in [2.45, 2.75) is 19.4 Å². The molecule has 0 fully saturated rings. The number of H-pyrrole nitrogens is 1. The van der Waals surface area contributed by atoms with E-state index in [9.17, 15) is 9.59 Å². The lowest BCUT2D eigenvalue weighted by atomic mass is 10.3. The van der Waals surface area contributed by atoms with E-state index in [4.69, 9.17) is 9.84 Å². The van der Waals surface area contributed by atoms with Gasteiger partial charge in [-0.3, -0.25) is 9.59 Å². The minimum Gasteiger partial charge on any atom is -0.481 e. The van der Waals surface area contributed by atoms with Gasteiger partial charge in [-0.2, -0.15) is 5.10 Å². The van der Waals surface area contributed by atoms with Gasteiger partial charge in [0.2, 0.25) is 0 Å². The summed E-state index contributed by atoms with van der Waals surface area (Å²) in [5.41, 5.74) is 0.243. The second-order valence-electron chi connectivity index (χ2n) is 3.69. The third-order valence-electron chi connectivity index (χ3n) is 2.03.